The summed E-state index contributed by atoms with van der Waals surface area (Å²) in [5, 5.41) is 12.0. The lowest BCUT2D eigenvalue weighted by Gasteiger charge is -2.23. The number of carbonyl (C=O) groups excluding carboxylic acids is 1. The lowest BCUT2D eigenvalue weighted by atomic mass is 9.82. The lowest BCUT2D eigenvalue weighted by Crippen LogP contribution is -2.36. The minimum Gasteiger partial charge on any atom is -0.481 e. The van der Waals surface area contributed by atoms with Crippen molar-refractivity contribution < 1.29 is 19.1 Å². The van der Waals surface area contributed by atoms with Crippen LogP contribution in [-0.2, 0) is 9.59 Å². The second-order valence-corrected chi connectivity index (χ2v) is 5.33. The normalized spacial score (nSPS) is 30.4. The van der Waals surface area contributed by atoms with Crippen LogP contribution in [0.2, 0.25) is 0 Å². The van der Waals surface area contributed by atoms with Gasteiger partial charge in [-0.3, -0.25) is 9.59 Å². The molecule has 2 aliphatic carbocycles. The number of hydrogen-bond donors (Lipinski definition) is 2. The minimum atomic E-state index is -0.930. The molecule has 5 heteroatoms. The molecule has 1 aromatic carbocycles. The van der Waals surface area contributed by atoms with Crippen molar-refractivity contribution in [1.29, 1.82) is 0 Å². The fourth-order valence-corrected chi connectivity index (χ4v) is 3.28. The zero-order valence-corrected chi connectivity index (χ0v) is 10.6. The Morgan fingerprint density at radius 3 is 2.30 bits per heavy atom. The Balaban J connectivity index is 1.78. The molecule has 2 N–H and O–H groups in total. The minimum absolute atomic E-state index is 0.0125. The van der Waals surface area contributed by atoms with Crippen molar-refractivity contribution in [2.45, 2.75) is 6.42 Å². The molecule has 2 bridgehead atoms. The number of benzene rings is 1. The van der Waals surface area contributed by atoms with E-state index in [-0.39, 0.29) is 23.6 Å². The van der Waals surface area contributed by atoms with E-state index in [0.29, 0.717) is 5.69 Å². The molecule has 1 fully saturated rings. The van der Waals surface area contributed by atoms with Gasteiger partial charge in [0.25, 0.3) is 0 Å². The number of amides is 1. The number of nitrogens with one attached hydrogen (secondary N) is 1. The summed E-state index contributed by atoms with van der Waals surface area (Å²) in [6.07, 6.45) is 4.54. The van der Waals surface area contributed by atoms with E-state index in [1.807, 2.05) is 12.2 Å². The van der Waals surface area contributed by atoms with E-state index in [0.717, 1.165) is 6.42 Å². The number of anilines is 1. The van der Waals surface area contributed by atoms with Crippen LogP contribution in [0.15, 0.2) is 36.4 Å². The fraction of sp³-hybridized carbons (Fsp3) is 0.333. The molecule has 0 spiro atoms. The van der Waals surface area contributed by atoms with Crippen LogP contribution in [0.4, 0.5) is 10.1 Å². The predicted molar refractivity (Wildman–Crippen MR) is 70.4 cm³/mol. The van der Waals surface area contributed by atoms with Crippen molar-refractivity contribution in [3.63, 3.8) is 0 Å². The van der Waals surface area contributed by atoms with Gasteiger partial charge in [-0.05, 0) is 42.5 Å². The summed E-state index contributed by atoms with van der Waals surface area (Å²) in [6, 6.07) is 5.44. The number of fused-ring (bicyclic) bond motifs is 2. The van der Waals surface area contributed by atoms with Gasteiger partial charge in [-0.25, -0.2) is 4.39 Å². The highest BCUT2D eigenvalue weighted by atomic mass is 19.1. The SMILES string of the molecule is O=C(O)[C@@H]1[C@@H](C(=O)Nc2ccc(F)cc2)[C@H]2C=C[C@@H]1C2. The number of rotatable bonds is 3. The largest absolute Gasteiger partial charge is 0.481 e. The smallest absolute Gasteiger partial charge is 0.307 e. The van der Waals surface area contributed by atoms with Crippen LogP contribution in [0.25, 0.3) is 0 Å². The number of hydrogen-bond acceptors (Lipinski definition) is 2. The highest BCUT2D eigenvalue weighted by Crippen LogP contribution is 2.48. The first-order valence-electron chi connectivity index (χ1n) is 6.54. The molecule has 3 rings (SSSR count). The molecule has 1 amide bonds. The van der Waals surface area contributed by atoms with Crippen molar-refractivity contribution in [2.24, 2.45) is 23.7 Å². The van der Waals surface area contributed by atoms with Crippen LogP contribution < -0.4 is 5.32 Å². The van der Waals surface area contributed by atoms with Crippen molar-refractivity contribution in [3.05, 3.63) is 42.2 Å². The predicted octanol–water partition coefficient (Wildman–Crippen LogP) is 2.29. The Morgan fingerprint density at radius 1 is 1.10 bits per heavy atom. The van der Waals surface area contributed by atoms with Gasteiger partial charge >= 0.3 is 5.97 Å². The van der Waals surface area contributed by atoms with Gasteiger partial charge in [0.2, 0.25) is 5.91 Å². The molecule has 20 heavy (non-hydrogen) atoms. The van der Waals surface area contributed by atoms with Gasteiger partial charge in [0, 0.05) is 5.69 Å². The van der Waals surface area contributed by atoms with E-state index in [4.69, 9.17) is 0 Å². The fourth-order valence-electron chi connectivity index (χ4n) is 3.28. The van der Waals surface area contributed by atoms with E-state index in [1.54, 1.807) is 0 Å². The molecule has 4 nitrogen and oxygen atoms in total. The zero-order valence-electron chi connectivity index (χ0n) is 10.6. The molecule has 0 unspecified atom stereocenters. The van der Waals surface area contributed by atoms with Crippen LogP contribution >= 0.6 is 0 Å². The molecule has 1 aromatic rings. The van der Waals surface area contributed by atoms with Gasteiger partial charge in [0.15, 0.2) is 0 Å². The quantitative estimate of drug-likeness (QED) is 0.832. The van der Waals surface area contributed by atoms with Gasteiger partial charge in [0.05, 0.1) is 11.8 Å². The Hall–Kier alpha value is -2.17. The van der Waals surface area contributed by atoms with E-state index < -0.39 is 17.8 Å². The topological polar surface area (TPSA) is 66.4 Å². The summed E-state index contributed by atoms with van der Waals surface area (Å²) in [6.45, 7) is 0. The van der Waals surface area contributed by atoms with Crippen molar-refractivity contribution >= 4 is 17.6 Å². The van der Waals surface area contributed by atoms with Gasteiger partial charge in [0.1, 0.15) is 5.82 Å². The standard InChI is InChI=1S/C15H14FNO3/c16-10-3-5-11(6-4-10)17-14(18)12-8-1-2-9(7-8)13(12)15(19)20/h1-6,8-9,12-13H,7H2,(H,17,18)(H,19,20)/t8-,9+,12-,13-/m0/s1. The summed E-state index contributed by atoms with van der Waals surface area (Å²) in [4.78, 5) is 23.6. The number of allylic oxidation sites excluding steroid dienone is 2. The van der Waals surface area contributed by atoms with Crippen molar-refractivity contribution in [3.8, 4) is 0 Å². The summed E-state index contributed by atoms with van der Waals surface area (Å²) in [5.74, 6) is -2.89. The molecule has 0 radical (unpaired) electrons. The Morgan fingerprint density at radius 2 is 1.70 bits per heavy atom. The van der Waals surface area contributed by atoms with E-state index >= 15 is 0 Å². The van der Waals surface area contributed by atoms with Gasteiger partial charge in [-0.1, -0.05) is 12.2 Å². The lowest BCUT2D eigenvalue weighted by molar-refractivity contribution is -0.146. The molecular formula is C15H14FNO3. The molecule has 0 aliphatic heterocycles. The first-order chi connectivity index (χ1) is 9.56. The number of halogens is 1. The maximum atomic E-state index is 12.8. The van der Waals surface area contributed by atoms with Gasteiger partial charge in [-0.15, -0.1) is 0 Å². The van der Waals surface area contributed by atoms with Crippen molar-refractivity contribution in [2.75, 3.05) is 5.32 Å². The summed E-state index contributed by atoms with van der Waals surface area (Å²) in [7, 11) is 0. The average molecular weight is 275 g/mol. The second kappa shape index (κ2) is 4.74. The highest BCUT2D eigenvalue weighted by Gasteiger charge is 2.51. The monoisotopic (exact) mass is 275 g/mol. The summed E-state index contributed by atoms with van der Waals surface area (Å²) in [5.41, 5.74) is 0.479. The van der Waals surface area contributed by atoms with Crippen LogP contribution in [0.3, 0.4) is 0 Å². The highest BCUT2D eigenvalue weighted by molar-refractivity contribution is 5.96. The Kier molecular flexibility index (Phi) is 3.04. The summed E-state index contributed by atoms with van der Waals surface area (Å²) < 4.78 is 12.8. The average Bonchev–Trinajstić information content (AvgIpc) is 3.01. The van der Waals surface area contributed by atoms with Crippen LogP contribution in [0.5, 0.6) is 0 Å². The number of carboxylic acid groups (broad SMARTS) is 1. The first-order valence-corrected chi connectivity index (χ1v) is 6.54. The summed E-state index contributed by atoms with van der Waals surface area (Å²) >= 11 is 0. The number of carbonyl (C=O) groups is 2. The molecular weight excluding hydrogens is 261 g/mol. The third kappa shape index (κ3) is 2.09. The molecule has 0 heterocycles. The number of aliphatic carboxylic acids is 1. The van der Waals surface area contributed by atoms with Gasteiger partial charge < -0.3 is 10.4 Å². The van der Waals surface area contributed by atoms with Crippen LogP contribution in [0.1, 0.15) is 6.42 Å². The Labute approximate surface area is 115 Å². The molecule has 104 valence electrons. The van der Waals surface area contributed by atoms with Gasteiger partial charge in [-0.2, -0.15) is 0 Å². The van der Waals surface area contributed by atoms with Crippen molar-refractivity contribution in [1.82, 2.24) is 0 Å². The van der Waals surface area contributed by atoms with E-state index in [1.165, 1.54) is 24.3 Å². The molecule has 1 saturated carbocycles. The molecule has 4 atom stereocenters. The second-order valence-electron chi connectivity index (χ2n) is 5.33. The number of carboxylic acids is 1. The first kappa shape index (κ1) is 12.8. The maximum absolute atomic E-state index is 12.8. The van der Waals surface area contributed by atoms with E-state index in [2.05, 4.69) is 5.32 Å². The maximum Gasteiger partial charge on any atom is 0.307 e. The zero-order chi connectivity index (χ0) is 14.3. The third-order valence-corrected chi connectivity index (χ3v) is 4.16. The Bertz CT molecular complexity index is 581. The van der Waals surface area contributed by atoms with E-state index in [9.17, 15) is 19.1 Å². The van der Waals surface area contributed by atoms with Crippen LogP contribution in [-0.4, -0.2) is 17.0 Å². The molecule has 2 aliphatic rings. The third-order valence-electron chi connectivity index (χ3n) is 4.16. The molecule has 0 aromatic heterocycles. The molecule has 0 saturated heterocycles. The van der Waals surface area contributed by atoms with Crippen LogP contribution in [0, 0.1) is 29.5 Å².